The third kappa shape index (κ3) is 5.29. The van der Waals surface area contributed by atoms with Gasteiger partial charge in [-0.05, 0) is 25.0 Å². The summed E-state index contributed by atoms with van der Waals surface area (Å²) in [5.74, 6) is -0.949. The molecule has 1 aliphatic heterocycles. The number of carbonyl (C=O) groups excluding carboxylic acids is 3. The summed E-state index contributed by atoms with van der Waals surface area (Å²) in [6.45, 7) is 1.75. The molecule has 0 aliphatic carbocycles. The van der Waals surface area contributed by atoms with E-state index in [2.05, 4.69) is 26.1 Å². The van der Waals surface area contributed by atoms with Gasteiger partial charge < -0.3 is 16.0 Å². The third-order valence-corrected chi connectivity index (χ3v) is 5.50. The fourth-order valence-electron chi connectivity index (χ4n) is 3.23. The van der Waals surface area contributed by atoms with E-state index in [4.69, 9.17) is 23.2 Å². The van der Waals surface area contributed by atoms with E-state index in [0.717, 1.165) is 0 Å². The third-order valence-electron chi connectivity index (χ3n) is 4.87. The quantitative estimate of drug-likeness (QED) is 0.533. The SMILES string of the molecule is CNC(=O)CN1CCC(NC(=O)c2[nH]ncc2NC(=O)c2c(Cl)cccc2Cl)CC1. The molecule has 0 saturated carbocycles. The maximum absolute atomic E-state index is 12.7. The average molecular weight is 453 g/mol. The zero-order chi connectivity index (χ0) is 21.7. The first-order chi connectivity index (χ1) is 14.4. The molecule has 9 nitrogen and oxygen atoms in total. The van der Waals surface area contributed by atoms with Gasteiger partial charge in [0.25, 0.3) is 11.8 Å². The Kier molecular flexibility index (Phi) is 7.30. The second kappa shape index (κ2) is 9.92. The molecule has 11 heteroatoms. The Morgan fingerprint density at radius 3 is 2.47 bits per heavy atom. The van der Waals surface area contributed by atoms with Gasteiger partial charge in [0, 0.05) is 26.2 Å². The van der Waals surface area contributed by atoms with Crippen molar-refractivity contribution in [3.8, 4) is 0 Å². The van der Waals surface area contributed by atoms with Crippen LogP contribution in [0.15, 0.2) is 24.4 Å². The molecule has 4 N–H and O–H groups in total. The summed E-state index contributed by atoms with van der Waals surface area (Å²) in [4.78, 5) is 38.8. The molecule has 0 unspecified atom stereocenters. The Bertz CT molecular complexity index is 920. The van der Waals surface area contributed by atoms with E-state index in [1.165, 1.54) is 6.20 Å². The van der Waals surface area contributed by atoms with Crippen LogP contribution in [0.2, 0.25) is 10.0 Å². The van der Waals surface area contributed by atoms with Crippen LogP contribution in [0.25, 0.3) is 0 Å². The number of H-pyrrole nitrogens is 1. The highest BCUT2D eigenvalue weighted by Gasteiger charge is 2.25. The minimum absolute atomic E-state index is 0.0334. The second-order valence-corrected chi connectivity index (χ2v) is 7.72. The minimum atomic E-state index is -0.538. The molecular weight excluding hydrogens is 431 g/mol. The number of halogens is 2. The molecule has 1 saturated heterocycles. The number of likely N-dealkylation sites (tertiary alicyclic amines) is 1. The van der Waals surface area contributed by atoms with Gasteiger partial charge in [-0.1, -0.05) is 29.3 Å². The van der Waals surface area contributed by atoms with Crippen molar-refractivity contribution in [3.63, 3.8) is 0 Å². The van der Waals surface area contributed by atoms with E-state index in [0.29, 0.717) is 32.5 Å². The highest BCUT2D eigenvalue weighted by molar-refractivity contribution is 6.40. The number of anilines is 1. The average Bonchev–Trinajstić information content (AvgIpc) is 3.17. The fraction of sp³-hybridized carbons (Fsp3) is 0.368. The maximum atomic E-state index is 12.7. The van der Waals surface area contributed by atoms with Gasteiger partial charge in [-0.15, -0.1) is 0 Å². The summed E-state index contributed by atoms with van der Waals surface area (Å²) >= 11 is 12.1. The summed E-state index contributed by atoms with van der Waals surface area (Å²) in [5, 5.41) is 15.1. The number of carbonyl (C=O) groups is 3. The van der Waals surface area contributed by atoms with Crippen molar-refractivity contribution in [2.75, 3.05) is 32.0 Å². The molecule has 1 fully saturated rings. The zero-order valence-electron chi connectivity index (χ0n) is 16.3. The molecule has 2 heterocycles. The second-order valence-electron chi connectivity index (χ2n) is 6.91. The summed E-state index contributed by atoms with van der Waals surface area (Å²) in [6.07, 6.45) is 2.78. The lowest BCUT2D eigenvalue weighted by molar-refractivity contribution is -0.122. The van der Waals surface area contributed by atoms with Gasteiger partial charge in [-0.2, -0.15) is 5.10 Å². The first-order valence-corrected chi connectivity index (χ1v) is 10.2. The summed E-state index contributed by atoms with van der Waals surface area (Å²) in [5.41, 5.74) is 0.488. The van der Waals surface area contributed by atoms with Gasteiger partial charge in [0.05, 0.1) is 34.0 Å². The number of aromatic nitrogens is 2. The minimum Gasteiger partial charge on any atom is -0.358 e. The monoisotopic (exact) mass is 452 g/mol. The molecular formula is C19H22Cl2N6O3. The number of rotatable bonds is 6. The van der Waals surface area contributed by atoms with Crippen LogP contribution < -0.4 is 16.0 Å². The lowest BCUT2D eigenvalue weighted by atomic mass is 10.0. The highest BCUT2D eigenvalue weighted by atomic mass is 35.5. The van der Waals surface area contributed by atoms with E-state index < -0.39 is 5.91 Å². The van der Waals surface area contributed by atoms with Gasteiger partial charge in [0.2, 0.25) is 5.91 Å². The van der Waals surface area contributed by atoms with Gasteiger partial charge in [-0.3, -0.25) is 24.4 Å². The Balaban J connectivity index is 1.59. The van der Waals surface area contributed by atoms with E-state index in [1.54, 1.807) is 25.2 Å². The van der Waals surface area contributed by atoms with Crippen LogP contribution in [0.3, 0.4) is 0 Å². The van der Waals surface area contributed by atoms with Crippen LogP contribution in [-0.2, 0) is 4.79 Å². The van der Waals surface area contributed by atoms with Gasteiger partial charge in [0.15, 0.2) is 0 Å². The summed E-state index contributed by atoms with van der Waals surface area (Å²) in [6, 6.07) is 4.71. The molecule has 2 aromatic rings. The lowest BCUT2D eigenvalue weighted by Crippen LogP contribution is -2.47. The molecule has 0 atom stereocenters. The number of hydrogen-bond acceptors (Lipinski definition) is 5. The van der Waals surface area contributed by atoms with Crippen LogP contribution >= 0.6 is 23.2 Å². The van der Waals surface area contributed by atoms with Crippen molar-refractivity contribution in [2.24, 2.45) is 0 Å². The van der Waals surface area contributed by atoms with Crippen LogP contribution in [0, 0.1) is 0 Å². The van der Waals surface area contributed by atoms with Crippen LogP contribution in [0.1, 0.15) is 33.7 Å². The maximum Gasteiger partial charge on any atom is 0.271 e. The predicted molar refractivity (Wildman–Crippen MR) is 114 cm³/mol. The smallest absolute Gasteiger partial charge is 0.271 e. The van der Waals surface area contributed by atoms with E-state index in [9.17, 15) is 14.4 Å². The number of hydrogen-bond donors (Lipinski definition) is 4. The highest BCUT2D eigenvalue weighted by Crippen LogP contribution is 2.25. The number of benzene rings is 1. The zero-order valence-corrected chi connectivity index (χ0v) is 17.8. The molecule has 0 bridgehead atoms. The van der Waals surface area contributed by atoms with Crippen molar-refractivity contribution in [1.82, 2.24) is 25.7 Å². The number of nitrogens with one attached hydrogen (secondary N) is 4. The fourth-order valence-corrected chi connectivity index (χ4v) is 3.80. The molecule has 0 radical (unpaired) electrons. The molecule has 1 aliphatic rings. The lowest BCUT2D eigenvalue weighted by Gasteiger charge is -2.31. The number of amides is 3. The Morgan fingerprint density at radius 1 is 1.17 bits per heavy atom. The molecule has 0 spiro atoms. The summed E-state index contributed by atoms with van der Waals surface area (Å²) in [7, 11) is 1.61. The van der Waals surface area contributed by atoms with E-state index in [-0.39, 0.29) is 44.8 Å². The largest absolute Gasteiger partial charge is 0.358 e. The van der Waals surface area contributed by atoms with Gasteiger partial charge in [-0.25, -0.2) is 0 Å². The topological polar surface area (TPSA) is 119 Å². The molecule has 3 rings (SSSR count). The molecule has 30 heavy (non-hydrogen) atoms. The van der Waals surface area contributed by atoms with Crippen molar-refractivity contribution in [2.45, 2.75) is 18.9 Å². The molecule has 3 amide bonds. The van der Waals surface area contributed by atoms with E-state index in [1.807, 2.05) is 4.90 Å². The van der Waals surface area contributed by atoms with Crippen LogP contribution in [0.5, 0.6) is 0 Å². The van der Waals surface area contributed by atoms with Gasteiger partial charge >= 0.3 is 0 Å². The first-order valence-electron chi connectivity index (χ1n) is 9.41. The van der Waals surface area contributed by atoms with Crippen molar-refractivity contribution in [3.05, 3.63) is 45.7 Å². The predicted octanol–water partition coefficient (Wildman–Crippen LogP) is 1.91. The van der Waals surface area contributed by atoms with Crippen molar-refractivity contribution >= 4 is 46.6 Å². The number of nitrogens with zero attached hydrogens (tertiary/aromatic N) is 2. The molecule has 1 aromatic carbocycles. The van der Waals surface area contributed by atoms with Crippen LogP contribution in [0.4, 0.5) is 5.69 Å². The number of aromatic amines is 1. The normalized spacial score (nSPS) is 14.9. The number of likely N-dealkylation sites (N-methyl/N-ethyl adjacent to an activating group) is 1. The summed E-state index contributed by atoms with van der Waals surface area (Å²) < 4.78 is 0. The Hall–Kier alpha value is -2.62. The molecule has 1 aromatic heterocycles. The van der Waals surface area contributed by atoms with Gasteiger partial charge in [0.1, 0.15) is 5.69 Å². The first kappa shape index (κ1) is 22.1. The standard InChI is InChI=1S/C19H22Cl2N6O3/c1-22-15(28)10-27-7-5-11(6-8-27)24-19(30)17-14(9-23-26-17)25-18(29)16-12(20)3-2-4-13(16)21/h2-4,9,11H,5-8,10H2,1H3,(H,22,28)(H,23,26)(H,24,30)(H,25,29). The Morgan fingerprint density at radius 2 is 1.83 bits per heavy atom. The van der Waals surface area contributed by atoms with Crippen LogP contribution in [-0.4, -0.2) is 65.5 Å². The van der Waals surface area contributed by atoms with Crippen molar-refractivity contribution in [1.29, 1.82) is 0 Å². The Labute approximate surface area is 183 Å². The van der Waals surface area contributed by atoms with Crippen molar-refractivity contribution < 1.29 is 14.4 Å². The van der Waals surface area contributed by atoms with E-state index >= 15 is 0 Å². The molecule has 160 valence electrons. The number of piperidine rings is 1.